The molecule has 0 saturated heterocycles. The average Bonchev–Trinajstić information content (AvgIpc) is 2.89. The first kappa shape index (κ1) is 21.3. The molecule has 0 spiro atoms. The zero-order valence-electron chi connectivity index (χ0n) is 17.3. The lowest BCUT2D eigenvalue weighted by molar-refractivity contribution is -0.0578. The topological polar surface area (TPSA) is 86.6 Å². The van der Waals surface area contributed by atoms with E-state index in [9.17, 15) is 18.6 Å². The van der Waals surface area contributed by atoms with E-state index in [-0.39, 0.29) is 35.4 Å². The maximum Gasteiger partial charge on any atom is 0.208 e. The zero-order valence-corrected chi connectivity index (χ0v) is 18.1. The van der Waals surface area contributed by atoms with E-state index in [0.29, 0.717) is 18.9 Å². The predicted octanol–water partition coefficient (Wildman–Crippen LogP) is 2.84. The van der Waals surface area contributed by atoms with Crippen molar-refractivity contribution < 1.29 is 18.6 Å². The van der Waals surface area contributed by atoms with E-state index in [4.69, 9.17) is 0 Å². The van der Waals surface area contributed by atoms with Crippen molar-refractivity contribution in [3.05, 3.63) is 11.1 Å². The second kappa shape index (κ2) is 7.43. The Morgan fingerprint density at radius 1 is 1.15 bits per heavy atom. The van der Waals surface area contributed by atoms with Crippen LogP contribution in [-0.4, -0.2) is 44.1 Å². The Balaban J connectivity index is 1.96. The third-order valence-electron chi connectivity index (χ3n) is 8.00. The number of rotatable bonds is 5. The van der Waals surface area contributed by atoms with Gasteiger partial charge in [0, 0.05) is 13.2 Å². The Morgan fingerprint density at radius 2 is 1.85 bits per heavy atom. The highest BCUT2D eigenvalue weighted by Gasteiger charge is 2.51. The predicted molar refractivity (Wildman–Crippen MR) is 108 cm³/mol. The van der Waals surface area contributed by atoms with Crippen LogP contribution in [0.3, 0.4) is 0 Å². The molecule has 3 aliphatic rings. The van der Waals surface area contributed by atoms with E-state index in [0.717, 1.165) is 38.5 Å². The molecule has 3 N–H and O–H groups in total. The van der Waals surface area contributed by atoms with Crippen molar-refractivity contribution in [2.75, 3.05) is 19.4 Å². The van der Waals surface area contributed by atoms with Crippen LogP contribution in [-0.2, 0) is 10.0 Å². The van der Waals surface area contributed by atoms with Crippen molar-refractivity contribution in [2.45, 2.75) is 71.8 Å². The second-order valence-electron chi connectivity index (χ2n) is 10.1. The fourth-order valence-electron chi connectivity index (χ4n) is 6.30. The molecular formula is C21H37NO4S. The van der Waals surface area contributed by atoms with Crippen LogP contribution >= 0.6 is 0 Å². The number of aliphatic hydroxyl groups excluding tert-OH is 2. The molecule has 3 aliphatic carbocycles. The summed E-state index contributed by atoms with van der Waals surface area (Å²) >= 11 is 0. The highest BCUT2D eigenvalue weighted by molar-refractivity contribution is 7.88. The summed E-state index contributed by atoms with van der Waals surface area (Å²) in [5.41, 5.74) is 3.16. The molecule has 5 atom stereocenters. The van der Waals surface area contributed by atoms with Gasteiger partial charge in [-0.05, 0) is 73.5 Å². The summed E-state index contributed by atoms with van der Waals surface area (Å²) in [6, 6.07) is 0. The molecule has 0 aromatic heterocycles. The minimum absolute atomic E-state index is 0.0664. The van der Waals surface area contributed by atoms with Crippen LogP contribution in [0.15, 0.2) is 11.1 Å². The van der Waals surface area contributed by atoms with Gasteiger partial charge in [0.05, 0.1) is 12.4 Å². The fraction of sp³-hybridized carbons (Fsp3) is 0.905. The molecule has 3 rings (SSSR count). The molecule has 156 valence electrons. The van der Waals surface area contributed by atoms with E-state index in [1.807, 2.05) is 0 Å². The van der Waals surface area contributed by atoms with Crippen LogP contribution in [0.4, 0.5) is 0 Å². The largest absolute Gasteiger partial charge is 0.396 e. The van der Waals surface area contributed by atoms with Crippen LogP contribution in [0.1, 0.15) is 65.7 Å². The van der Waals surface area contributed by atoms with Crippen LogP contribution in [0.25, 0.3) is 0 Å². The lowest BCUT2D eigenvalue weighted by atomic mass is 9.53. The molecule has 1 saturated carbocycles. The molecular weight excluding hydrogens is 362 g/mol. The number of nitrogens with one attached hydrogen (secondary N) is 1. The first-order valence-electron chi connectivity index (χ1n) is 10.4. The van der Waals surface area contributed by atoms with Gasteiger partial charge in [-0.2, -0.15) is 0 Å². The summed E-state index contributed by atoms with van der Waals surface area (Å²) < 4.78 is 26.4. The monoisotopic (exact) mass is 399 g/mol. The molecule has 5 nitrogen and oxygen atoms in total. The first-order chi connectivity index (χ1) is 12.5. The van der Waals surface area contributed by atoms with Gasteiger partial charge in [0.1, 0.15) is 0 Å². The highest BCUT2D eigenvalue weighted by Crippen LogP contribution is 2.59. The standard InChI is InChI=1S/C21H37NO4S/c1-20(2)9-8-16-17(12-22-27(4,25)26)19(6-5-18(16)20)21(3)10-7-15(24)11-14(21)13-23/h14-15,17,19,22-24H,5-13H2,1-4H3/t14-,15+,17+,19+,21-/m1/s1. The Bertz CT molecular complexity index is 699. The quantitative estimate of drug-likeness (QED) is 0.621. The van der Waals surface area contributed by atoms with Crippen molar-refractivity contribution in [1.82, 2.24) is 4.72 Å². The van der Waals surface area contributed by atoms with Gasteiger partial charge in [0.25, 0.3) is 0 Å². The van der Waals surface area contributed by atoms with Gasteiger partial charge < -0.3 is 10.2 Å². The van der Waals surface area contributed by atoms with Crippen molar-refractivity contribution >= 4 is 10.0 Å². The molecule has 27 heavy (non-hydrogen) atoms. The summed E-state index contributed by atoms with van der Waals surface area (Å²) in [6.07, 6.45) is 7.53. The number of hydrogen-bond donors (Lipinski definition) is 3. The SMILES string of the molecule is CC1(C)CCC2=C1CC[C@H]([C@]1(C)CC[C@H](O)C[C@@H]1CO)[C@H]2CNS(C)(=O)=O. The van der Waals surface area contributed by atoms with Gasteiger partial charge in [0.15, 0.2) is 0 Å². The molecule has 0 unspecified atom stereocenters. The van der Waals surface area contributed by atoms with E-state index in [1.165, 1.54) is 11.8 Å². The number of aliphatic hydroxyl groups is 2. The van der Waals surface area contributed by atoms with Crippen LogP contribution < -0.4 is 4.72 Å². The molecule has 0 aliphatic heterocycles. The average molecular weight is 400 g/mol. The van der Waals surface area contributed by atoms with Gasteiger partial charge >= 0.3 is 0 Å². The van der Waals surface area contributed by atoms with Crippen LogP contribution in [0.5, 0.6) is 0 Å². The van der Waals surface area contributed by atoms with E-state index >= 15 is 0 Å². The Morgan fingerprint density at radius 3 is 2.48 bits per heavy atom. The minimum atomic E-state index is -3.24. The molecule has 0 aromatic carbocycles. The molecule has 0 heterocycles. The molecule has 0 radical (unpaired) electrons. The van der Waals surface area contributed by atoms with Crippen molar-refractivity contribution in [1.29, 1.82) is 0 Å². The van der Waals surface area contributed by atoms with Crippen molar-refractivity contribution in [2.24, 2.45) is 28.6 Å². The Hall–Kier alpha value is -0.430. The summed E-state index contributed by atoms with van der Waals surface area (Å²) in [5.74, 6) is 0.604. The first-order valence-corrected chi connectivity index (χ1v) is 12.3. The summed E-state index contributed by atoms with van der Waals surface area (Å²) in [5, 5.41) is 20.2. The van der Waals surface area contributed by atoms with Crippen LogP contribution in [0.2, 0.25) is 0 Å². The van der Waals surface area contributed by atoms with Gasteiger partial charge in [-0.1, -0.05) is 31.9 Å². The molecule has 6 heteroatoms. The van der Waals surface area contributed by atoms with Gasteiger partial charge in [-0.25, -0.2) is 13.1 Å². The number of allylic oxidation sites excluding steroid dienone is 1. The van der Waals surface area contributed by atoms with Gasteiger partial charge in [-0.15, -0.1) is 0 Å². The molecule has 1 fully saturated rings. The lowest BCUT2D eigenvalue weighted by Gasteiger charge is -2.52. The normalized spacial score (nSPS) is 39.5. The summed E-state index contributed by atoms with van der Waals surface area (Å²) in [6.45, 7) is 7.43. The Kier molecular flexibility index (Phi) is 5.86. The van der Waals surface area contributed by atoms with E-state index < -0.39 is 10.0 Å². The minimum Gasteiger partial charge on any atom is -0.396 e. The van der Waals surface area contributed by atoms with Crippen molar-refractivity contribution in [3.63, 3.8) is 0 Å². The molecule has 0 bridgehead atoms. The van der Waals surface area contributed by atoms with Crippen LogP contribution in [0, 0.1) is 28.6 Å². The van der Waals surface area contributed by atoms with Gasteiger partial charge in [-0.3, -0.25) is 0 Å². The van der Waals surface area contributed by atoms with E-state index in [1.54, 1.807) is 5.57 Å². The second-order valence-corrected chi connectivity index (χ2v) is 11.9. The third-order valence-corrected chi connectivity index (χ3v) is 8.69. The summed E-state index contributed by atoms with van der Waals surface area (Å²) in [4.78, 5) is 0. The van der Waals surface area contributed by atoms with Gasteiger partial charge in [0.2, 0.25) is 10.0 Å². The fourth-order valence-corrected chi connectivity index (χ4v) is 6.78. The van der Waals surface area contributed by atoms with Crippen molar-refractivity contribution in [3.8, 4) is 0 Å². The zero-order chi connectivity index (χ0) is 20.0. The summed E-state index contributed by atoms with van der Waals surface area (Å²) in [7, 11) is -3.24. The third kappa shape index (κ3) is 4.14. The highest BCUT2D eigenvalue weighted by atomic mass is 32.2. The van der Waals surface area contributed by atoms with E-state index in [2.05, 4.69) is 25.5 Å². The maximum atomic E-state index is 11.8. The lowest BCUT2D eigenvalue weighted by Crippen LogP contribution is -2.49. The molecule has 0 amide bonds. The molecule has 0 aromatic rings. The Labute approximate surface area is 164 Å². The number of hydrogen-bond acceptors (Lipinski definition) is 4. The smallest absolute Gasteiger partial charge is 0.208 e. The number of sulfonamides is 1. The maximum absolute atomic E-state index is 11.8.